The van der Waals surface area contributed by atoms with Gasteiger partial charge in [-0.1, -0.05) is 51.1 Å². The lowest BCUT2D eigenvalue weighted by atomic mass is 9.87. The largest absolute Gasteiger partial charge is 0.454 e. The Labute approximate surface area is 157 Å². The first-order valence-corrected chi connectivity index (χ1v) is 9.62. The number of anilines is 1. The average Bonchev–Trinajstić information content (AvgIpc) is 3.16. The summed E-state index contributed by atoms with van der Waals surface area (Å²) in [5, 5.41) is 3.62. The first-order chi connectivity index (χ1) is 12.7. The highest BCUT2D eigenvalue weighted by Crippen LogP contribution is 2.34. The Morgan fingerprint density at radius 2 is 1.73 bits per heavy atom. The zero-order valence-electron chi connectivity index (χ0n) is 16.1. The minimum atomic E-state index is 0.314. The van der Waals surface area contributed by atoms with Crippen LogP contribution in [0.2, 0.25) is 0 Å². The van der Waals surface area contributed by atoms with Crippen molar-refractivity contribution in [1.29, 1.82) is 0 Å². The SMILES string of the molecule is CCN(CC)CC(CNc1ccc2c(c1)OCO2)C(C)c1ccccc1. The van der Waals surface area contributed by atoms with E-state index in [1.165, 1.54) is 5.56 Å². The average molecular weight is 354 g/mol. The lowest BCUT2D eigenvalue weighted by Crippen LogP contribution is -2.35. The van der Waals surface area contributed by atoms with Gasteiger partial charge in [-0.15, -0.1) is 0 Å². The fraction of sp³-hybridized carbons (Fsp3) is 0.455. The molecule has 4 heteroatoms. The highest BCUT2D eigenvalue weighted by molar-refractivity contribution is 5.55. The van der Waals surface area contributed by atoms with Crippen LogP contribution in [-0.2, 0) is 0 Å². The van der Waals surface area contributed by atoms with Gasteiger partial charge in [0.1, 0.15) is 0 Å². The summed E-state index contributed by atoms with van der Waals surface area (Å²) in [6.07, 6.45) is 0. The van der Waals surface area contributed by atoms with Crippen molar-refractivity contribution in [1.82, 2.24) is 4.90 Å². The van der Waals surface area contributed by atoms with Crippen molar-refractivity contribution in [2.45, 2.75) is 26.7 Å². The van der Waals surface area contributed by atoms with Gasteiger partial charge < -0.3 is 19.7 Å². The Balaban J connectivity index is 1.70. The van der Waals surface area contributed by atoms with Crippen molar-refractivity contribution >= 4 is 5.69 Å². The van der Waals surface area contributed by atoms with Gasteiger partial charge in [-0.05, 0) is 42.6 Å². The fourth-order valence-corrected chi connectivity index (χ4v) is 3.50. The highest BCUT2D eigenvalue weighted by Gasteiger charge is 2.21. The lowest BCUT2D eigenvalue weighted by Gasteiger charge is -2.30. The molecule has 2 aromatic carbocycles. The van der Waals surface area contributed by atoms with Gasteiger partial charge in [0.2, 0.25) is 6.79 Å². The normalized spacial score (nSPS) is 15.1. The van der Waals surface area contributed by atoms with Gasteiger partial charge in [0.15, 0.2) is 11.5 Å². The van der Waals surface area contributed by atoms with Crippen LogP contribution in [0.5, 0.6) is 11.5 Å². The third-order valence-electron chi connectivity index (χ3n) is 5.36. The molecule has 0 saturated carbocycles. The van der Waals surface area contributed by atoms with Crippen molar-refractivity contribution in [3.63, 3.8) is 0 Å². The number of ether oxygens (including phenoxy) is 2. The Morgan fingerprint density at radius 3 is 2.46 bits per heavy atom. The molecule has 0 amide bonds. The van der Waals surface area contributed by atoms with Crippen LogP contribution >= 0.6 is 0 Å². The highest BCUT2D eigenvalue weighted by atomic mass is 16.7. The summed E-state index contributed by atoms with van der Waals surface area (Å²) in [6, 6.07) is 16.9. The molecule has 2 atom stereocenters. The van der Waals surface area contributed by atoms with E-state index in [-0.39, 0.29) is 0 Å². The molecule has 4 nitrogen and oxygen atoms in total. The summed E-state index contributed by atoms with van der Waals surface area (Å²) < 4.78 is 10.9. The summed E-state index contributed by atoms with van der Waals surface area (Å²) >= 11 is 0. The molecule has 0 aromatic heterocycles. The van der Waals surface area contributed by atoms with Crippen molar-refractivity contribution in [3.8, 4) is 11.5 Å². The molecule has 2 unspecified atom stereocenters. The first kappa shape index (κ1) is 18.6. The molecule has 0 bridgehead atoms. The molecule has 0 aliphatic carbocycles. The van der Waals surface area contributed by atoms with Crippen LogP contribution in [0.1, 0.15) is 32.3 Å². The maximum atomic E-state index is 5.49. The van der Waals surface area contributed by atoms with E-state index in [1.54, 1.807) is 0 Å². The third kappa shape index (κ3) is 4.50. The van der Waals surface area contributed by atoms with Crippen LogP contribution in [0.25, 0.3) is 0 Å². The minimum Gasteiger partial charge on any atom is -0.454 e. The van der Waals surface area contributed by atoms with E-state index >= 15 is 0 Å². The second kappa shape index (κ2) is 8.95. The van der Waals surface area contributed by atoms with Crippen LogP contribution < -0.4 is 14.8 Å². The zero-order valence-corrected chi connectivity index (χ0v) is 16.1. The Hall–Kier alpha value is -2.20. The minimum absolute atomic E-state index is 0.314. The van der Waals surface area contributed by atoms with Crippen LogP contribution in [0.4, 0.5) is 5.69 Å². The Kier molecular flexibility index (Phi) is 6.40. The third-order valence-corrected chi connectivity index (χ3v) is 5.36. The number of hydrogen-bond donors (Lipinski definition) is 1. The molecule has 1 N–H and O–H groups in total. The van der Waals surface area contributed by atoms with Gasteiger partial charge in [-0.25, -0.2) is 0 Å². The van der Waals surface area contributed by atoms with Gasteiger partial charge >= 0.3 is 0 Å². The summed E-state index contributed by atoms with van der Waals surface area (Å²) in [7, 11) is 0. The summed E-state index contributed by atoms with van der Waals surface area (Å²) in [5.74, 6) is 2.65. The number of fused-ring (bicyclic) bond motifs is 1. The Bertz CT molecular complexity index is 686. The number of rotatable bonds is 9. The standard InChI is InChI=1S/C22H30N2O2/c1-4-24(5-2)15-19(17(3)18-9-7-6-8-10-18)14-23-20-11-12-21-22(13-20)26-16-25-21/h6-13,17,19,23H,4-5,14-16H2,1-3H3. The molecule has 0 saturated heterocycles. The Morgan fingerprint density at radius 1 is 1.00 bits per heavy atom. The lowest BCUT2D eigenvalue weighted by molar-refractivity contribution is 0.174. The zero-order chi connectivity index (χ0) is 18.4. The topological polar surface area (TPSA) is 33.7 Å². The monoisotopic (exact) mass is 354 g/mol. The first-order valence-electron chi connectivity index (χ1n) is 9.62. The van der Waals surface area contributed by atoms with Crippen molar-refractivity contribution in [3.05, 3.63) is 54.1 Å². The van der Waals surface area contributed by atoms with Gasteiger partial charge in [0, 0.05) is 24.8 Å². The maximum Gasteiger partial charge on any atom is 0.231 e. The second-order valence-electron chi connectivity index (χ2n) is 6.89. The van der Waals surface area contributed by atoms with Crippen LogP contribution in [0.3, 0.4) is 0 Å². The van der Waals surface area contributed by atoms with Crippen LogP contribution in [-0.4, -0.2) is 37.9 Å². The molecule has 26 heavy (non-hydrogen) atoms. The second-order valence-corrected chi connectivity index (χ2v) is 6.89. The van der Waals surface area contributed by atoms with E-state index in [2.05, 4.69) is 67.4 Å². The molecule has 140 valence electrons. The van der Waals surface area contributed by atoms with E-state index in [0.717, 1.165) is 43.4 Å². The molecule has 1 heterocycles. The maximum absolute atomic E-state index is 5.49. The van der Waals surface area contributed by atoms with Gasteiger partial charge in [0.25, 0.3) is 0 Å². The van der Waals surface area contributed by atoms with E-state index in [1.807, 2.05) is 12.1 Å². The number of nitrogens with one attached hydrogen (secondary N) is 1. The van der Waals surface area contributed by atoms with Gasteiger partial charge in [-0.2, -0.15) is 0 Å². The van der Waals surface area contributed by atoms with Crippen molar-refractivity contribution in [2.75, 3.05) is 38.3 Å². The summed E-state index contributed by atoms with van der Waals surface area (Å²) in [5.41, 5.74) is 2.48. The van der Waals surface area contributed by atoms with E-state index < -0.39 is 0 Å². The predicted molar refractivity (Wildman–Crippen MR) is 107 cm³/mol. The molecule has 3 rings (SSSR count). The quantitative estimate of drug-likeness (QED) is 0.714. The van der Waals surface area contributed by atoms with Crippen molar-refractivity contribution in [2.24, 2.45) is 5.92 Å². The predicted octanol–water partition coefficient (Wildman–Crippen LogP) is 4.59. The van der Waals surface area contributed by atoms with E-state index in [0.29, 0.717) is 18.6 Å². The molecule has 1 aliphatic heterocycles. The van der Waals surface area contributed by atoms with E-state index in [4.69, 9.17) is 9.47 Å². The van der Waals surface area contributed by atoms with Crippen molar-refractivity contribution < 1.29 is 9.47 Å². The summed E-state index contributed by atoms with van der Waals surface area (Å²) in [4.78, 5) is 2.51. The van der Waals surface area contributed by atoms with Gasteiger partial charge in [-0.3, -0.25) is 0 Å². The van der Waals surface area contributed by atoms with Gasteiger partial charge in [0.05, 0.1) is 0 Å². The molecule has 0 radical (unpaired) electrons. The van der Waals surface area contributed by atoms with Crippen LogP contribution in [0.15, 0.2) is 48.5 Å². The fourth-order valence-electron chi connectivity index (χ4n) is 3.50. The molecular formula is C22H30N2O2. The summed E-state index contributed by atoms with van der Waals surface area (Å²) in [6.45, 7) is 11.3. The smallest absolute Gasteiger partial charge is 0.231 e. The molecule has 1 aliphatic rings. The number of hydrogen-bond acceptors (Lipinski definition) is 4. The molecular weight excluding hydrogens is 324 g/mol. The van der Waals surface area contributed by atoms with Crippen LogP contribution in [0, 0.1) is 5.92 Å². The van der Waals surface area contributed by atoms with E-state index in [9.17, 15) is 0 Å². The number of benzene rings is 2. The molecule has 0 spiro atoms. The molecule has 2 aromatic rings. The molecule has 0 fully saturated rings. The number of nitrogens with zero attached hydrogens (tertiary/aromatic N) is 1.